The number of rotatable bonds is 5. The number of hydrogen-bond donors (Lipinski definition) is 1. The Morgan fingerprint density at radius 1 is 1.33 bits per heavy atom. The maximum Gasteiger partial charge on any atom is 0.337 e. The molecule has 5 heteroatoms. The third kappa shape index (κ3) is 3.55. The van der Waals surface area contributed by atoms with Gasteiger partial charge in [-0.2, -0.15) is 0 Å². The first-order valence-corrected chi connectivity index (χ1v) is 8.93. The van der Waals surface area contributed by atoms with E-state index in [0.717, 1.165) is 23.5 Å². The van der Waals surface area contributed by atoms with Crippen LogP contribution in [-0.4, -0.2) is 28.7 Å². The van der Waals surface area contributed by atoms with Crippen molar-refractivity contribution in [3.8, 4) is 0 Å². The van der Waals surface area contributed by atoms with Crippen LogP contribution in [-0.2, 0) is 11.3 Å². The second-order valence-corrected chi connectivity index (χ2v) is 7.11. The molecule has 1 fully saturated rings. The van der Waals surface area contributed by atoms with Gasteiger partial charge in [-0.1, -0.05) is 33.1 Å². The summed E-state index contributed by atoms with van der Waals surface area (Å²) in [7, 11) is 1.40. The third-order valence-electron chi connectivity index (χ3n) is 4.66. The molecule has 1 aromatic heterocycles. The number of benzene rings is 1. The van der Waals surface area contributed by atoms with Gasteiger partial charge in [0.25, 0.3) is 0 Å². The Kier molecular flexibility index (Phi) is 5.07. The number of methoxy groups -OCH3 is 1. The molecule has 0 spiro atoms. The van der Waals surface area contributed by atoms with Crippen molar-refractivity contribution >= 4 is 23.0 Å². The molecule has 1 N–H and O–H groups in total. The van der Waals surface area contributed by atoms with Gasteiger partial charge in [0, 0.05) is 12.6 Å². The van der Waals surface area contributed by atoms with Crippen molar-refractivity contribution in [2.75, 3.05) is 12.4 Å². The number of ether oxygens (including phenoxy) is 1. The summed E-state index contributed by atoms with van der Waals surface area (Å²) in [6.07, 6.45) is 6.32. The van der Waals surface area contributed by atoms with Crippen LogP contribution in [0.25, 0.3) is 11.0 Å². The number of aromatic nitrogens is 2. The van der Waals surface area contributed by atoms with Gasteiger partial charge in [-0.15, -0.1) is 0 Å². The van der Waals surface area contributed by atoms with Crippen LogP contribution in [0.1, 0.15) is 56.3 Å². The first-order chi connectivity index (χ1) is 11.6. The smallest absolute Gasteiger partial charge is 0.337 e. The maximum atomic E-state index is 11.8. The van der Waals surface area contributed by atoms with Crippen molar-refractivity contribution < 1.29 is 9.53 Å². The van der Waals surface area contributed by atoms with Crippen LogP contribution in [0, 0.1) is 5.92 Å². The fourth-order valence-electron chi connectivity index (χ4n) is 3.46. The van der Waals surface area contributed by atoms with Gasteiger partial charge in [-0.05, 0) is 37.0 Å². The van der Waals surface area contributed by atoms with Crippen LogP contribution in [0.2, 0.25) is 0 Å². The molecule has 0 atom stereocenters. The van der Waals surface area contributed by atoms with Gasteiger partial charge in [0.05, 0.1) is 23.7 Å². The van der Waals surface area contributed by atoms with Crippen LogP contribution >= 0.6 is 0 Å². The van der Waals surface area contributed by atoms with E-state index in [2.05, 4.69) is 23.7 Å². The summed E-state index contributed by atoms with van der Waals surface area (Å²) >= 11 is 0. The minimum absolute atomic E-state index is 0.322. The standard InChI is InChI=1S/C19H27N3O2/c1-13(2)12-22-17-10-9-14(18(23)24-3)11-16(17)21-19(22)20-15-7-5-4-6-8-15/h9-11,13,15H,4-8,12H2,1-3H3,(H,20,21). The van der Waals surface area contributed by atoms with E-state index in [9.17, 15) is 4.79 Å². The molecule has 1 heterocycles. The van der Waals surface area contributed by atoms with Crippen molar-refractivity contribution in [1.29, 1.82) is 0 Å². The fraction of sp³-hybridized carbons (Fsp3) is 0.579. The van der Waals surface area contributed by atoms with Crippen LogP contribution < -0.4 is 5.32 Å². The SMILES string of the molecule is COC(=O)c1ccc2c(c1)nc(NC1CCCCC1)n2CC(C)C. The van der Waals surface area contributed by atoms with Gasteiger partial charge >= 0.3 is 5.97 Å². The van der Waals surface area contributed by atoms with Crippen molar-refractivity contribution in [3.05, 3.63) is 23.8 Å². The lowest BCUT2D eigenvalue weighted by Crippen LogP contribution is -2.24. The van der Waals surface area contributed by atoms with E-state index >= 15 is 0 Å². The number of esters is 1. The minimum atomic E-state index is -0.322. The van der Waals surface area contributed by atoms with Gasteiger partial charge < -0.3 is 14.6 Å². The monoisotopic (exact) mass is 329 g/mol. The molecule has 0 radical (unpaired) electrons. The lowest BCUT2D eigenvalue weighted by atomic mass is 9.96. The first-order valence-electron chi connectivity index (χ1n) is 8.93. The van der Waals surface area contributed by atoms with E-state index in [1.807, 2.05) is 18.2 Å². The summed E-state index contributed by atoms with van der Waals surface area (Å²) in [5, 5.41) is 3.64. The molecule has 3 rings (SSSR count). The van der Waals surface area contributed by atoms with Gasteiger partial charge in [0.2, 0.25) is 5.95 Å². The highest BCUT2D eigenvalue weighted by molar-refractivity contribution is 5.94. The molecule has 1 aliphatic carbocycles. The molecule has 130 valence electrons. The highest BCUT2D eigenvalue weighted by Crippen LogP contribution is 2.26. The Hall–Kier alpha value is -2.04. The Morgan fingerprint density at radius 2 is 2.08 bits per heavy atom. The second-order valence-electron chi connectivity index (χ2n) is 7.11. The fourth-order valence-corrected chi connectivity index (χ4v) is 3.46. The summed E-state index contributed by atoms with van der Waals surface area (Å²) in [4.78, 5) is 16.6. The average molecular weight is 329 g/mol. The van der Waals surface area contributed by atoms with E-state index in [-0.39, 0.29) is 5.97 Å². The molecule has 0 unspecified atom stereocenters. The Bertz CT molecular complexity index is 715. The highest BCUT2D eigenvalue weighted by Gasteiger charge is 2.19. The zero-order valence-electron chi connectivity index (χ0n) is 14.8. The van der Waals surface area contributed by atoms with Crippen LogP contribution in [0.5, 0.6) is 0 Å². The normalized spacial score (nSPS) is 15.8. The quantitative estimate of drug-likeness (QED) is 0.834. The minimum Gasteiger partial charge on any atom is -0.465 e. The topological polar surface area (TPSA) is 56.1 Å². The Morgan fingerprint density at radius 3 is 2.75 bits per heavy atom. The lowest BCUT2D eigenvalue weighted by Gasteiger charge is -2.24. The summed E-state index contributed by atoms with van der Waals surface area (Å²) in [5.74, 6) is 1.12. The van der Waals surface area contributed by atoms with Gasteiger partial charge in [0.15, 0.2) is 0 Å². The Labute approximate surface area is 143 Å². The molecular formula is C19H27N3O2. The average Bonchev–Trinajstić information content (AvgIpc) is 2.91. The summed E-state index contributed by atoms with van der Waals surface area (Å²) in [6, 6.07) is 6.12. The number of imidazole rings is 1. The van der Waals surface area contributed by atoms with E-state index < -0.39 is 0 Å². The van der Waals surface area contributed by atoms with Crippen molar-refractivity contribution in [3.63, 3.8) is 0 Å². The van der Waals surface area contributed by atoms with E-state index in [0.29, 0.717) is 17.5 Å². The molecule has 0 saturated heterocycles. The van der Waals surface area contributed by atoms with E-state index in [4.69, 9.17) is 9.72 Å². The molecule has 0 aliphatic heterocycles. The third-order valence-corrected chi connectivity index (χ3v) is 4.66. The molecule has 24 heavy (non-hydrogen) atoms. The number of anilines is 1. The lowest BCUT2D eigenvalue weighted by molar-refractivity contribution is 0.0601. The largest absolute Gasteiger partial charge is 0.465 e. The molecule has 1 aromatic carbocycles. The van der Waals surface area contributed by atoms with Crippen molar-refractivity contribution in [2.45, 2.75) is 58.5 Å². The molecular weight excluding hydrogens is 302 g/mol. The highest BCUT2D eigenvalue weighted by atomic mass is 16.5. The number of nitrogens with one attached hydrogen (secondary N) is 1. The predicted octanol–water partition coefficient (Wildman–Crippen LogP) is 4.22. The molecule has 2 aromatic rings. The van der Waals surface area contributed by atoms with Crippen LogP contribution in [0.4, 0.5) is 5.95 Å². The molecule has 0 amide bonds. The molecule has 1 aliphatic rings. The van der Waals surface area contributed by atoms with Gasteiger partial charge in [-0.3, -0.25) is 0 Å². The van der Waals surface area contributed by atoms with Gasteiger partial charge in [-0.25, -0.2) is 9.78 Å². The number of fused-ring (bicyclic) bond motifs is 1. The van der Waals surface area contributed by atoms with Crippen LogP contribution in [0.15, 0.2) is 18.2 Å². The number of hydrogen-bond acceptors (Lipinski definition) is 4. The van der Waals surface area contributed by atoms with E-state index in [1.54, 1.807) is 0 Å². The summed E-state index contributed by atoms with van der Waals surface area (Å²) < 4.78 is 7.06. The van der Waals surface area contributed by atoms with Crippen molar-refractivity contribution in [1.82, 2.24) is 9.55 Å². The molecule has 0 bridgehead atoms. The Balaban J connectivity index is 1.96. The zero-order chi connectivity index (χ0) is 17.1. The van der Waals surface area contributed by atoms with Gasteiger partial charge in [0.1, 0.15) is 0 Å². The molecule has 5 nitrogen and oxygen atoms in total. The van der Waals surface area contributed by atoms with Crippen molar-refractivity contribution in [2.24, 2.45) is 5.92 Å². The van der Waals surface area contributed by atoms with E-state index in [1.165, 1.54) is 39.2 Å². The predicted molar refractivity (Wildman–Crippen MR) is 96.4 cm³/mol. The molecule has 1 saturated carbocycles. The first kappa shape index (κ1) is 16.8. The van der Waals surface area contributed by atoms with Crippen LogP contribution in [0.3, 0.4) is 0 Å². The number of carbonyl (C=O) groups is 1. The second kappa shape index (κ2) is 7.24. The summed E-state index contributed by atoms with van der Waals surface area (Å²) in [5.41, 5.74) is 2.45. The number of carbonyl (C=O) groups excluding carboxylic acids is 1. The maximum absolute atomic E-state index is 11.8. The summed E-state index contributed by atoms with van der Waals surface area (Å²) in [6.45, 7) is 5.32. The zero-order valence-corrected chi connectivity index (χ0v) is 14.8. The number of nitrogens with zero attached hydrogens (tertiary/aromatic N) is 2.